The predicted molar refractivity (Wildman–Crippen MR) is 156 cm³/mol. The molecule has 0 spiro atoms. The number of para-hydroxylation sites is 1. The molecule has 0 radical (unpaired) electrons. The molecule has 3 aromatic carbocycles. The molecular formula is C29H19ClF3N3O5S2. The van der Waals surface area contributed by atoms with Crippen molar-refractivity contribution in [1.29, 1.82) is 0 Å². The van der Waals surface area contributed by atoms with Crippen molar-refractivity contribution in [2.45, 2.75) is 28.9 Å². The van der Waals surface area contributed by atoms with Crippen molar-refractivity contribution >= 4 is 63.8 Å². The van der Waals surface area contributed by atoms with E-state index in [0.717, 1.165) is 35.2 Å². The first-order chi connectivity index (χ1) is 20.4. The fourth-order valence-corrected chi connectivity index (χ4v) is 8.22. The summed E-state index contributed by atoms with van der Waals surface area (Å²) in [6.07, 6.45) is -4.82. The minimum absolute atomic E-state index is 0.00277. The summed E-state index contributed by atoms with van der Waals surface area (Å²) >= 11 is 7.79. The number of aromatic hydroxyl groups is 1. The first-order valence-electron chi connectivity index (χ1n) is 12.7. The zero-order valence-corrected chi connectivity index (χ0v) is 24.1. The zero-order chi connectivity index (χ0) is 30.6. The second kappa shape index (κ2) is 10.9. The van der Waals surface area contributed by atoms with Crippen molar-refractivity contribution in [3.63, 3.8) is 0 Å². The van der Waals surface area contributed by atoms with E-state index in [-0.39, 0.29) is 10.8 Å². The monoisotopic (exact) mass is 645 g/mol. The fraction of sp³-hybridized carbons (Fsp3) is 0.172. The highest BCUT2D eigenvalue weighted by molar-refractivity contribution is 8.00. The van der Waals surface area contributed by atoms with Crippen LogP contribution in [-0.4, -0.2) is 32.6 Å². The normalized spacial score (nSPS) is 19.7. The van der Waals surface area contributed by atoms with E-state index in [1.165, 1.54) is 41.0 Å². The van der Waals surface area contributed by atoms with E-state index in [9.17, 15) is 37.5 Å². The topological polar surface area (TPSA) is 109 Å². The van der Waals surface area contributed by atoms with Crippen LogP contribution in [0.15, 0.2) is 82.6 Å². The van der Waals surface area contributed by atoms with Crippen LogP contribution in [0.5, 0.6) is 5.75 Å². The zero-order valence-electron chi connectivity index (χ0n) is 21.7. The summed E-state index contributed by atoms with van der Waals surface area (Å²) in [6.45, 7) is -0.425. The van der Waals surface area contributed by atoms with Crippen LogP contribution in [0.4, 0.5) is 24.5 Å². The number of hydrogen-bond acceptors (Lipinski definition) is 7. The molecule has 1 fully saturated rings. The molecule has 14 heteroatoms. The number of nitrogens with one attached hydrogen (secondary N) is 1. The van der Waals surface area contributed by atoms with Crippen molar-refractivity contribution in [1.82, 2.24) is 4.57 Å². The lowest BCUT2D eigenvalue weighted by molar-refractivity contribution is -0.137. The third kappa shape index (κ3) is 5.21. The van der Waals surface area contributed by atoms with Gasteiger partial charge in [0.15, 0.2) is 0 Å². The Hall–Kier alpha value is -4.07. The molecule has 3 atom stereocenters. The molecule has 2 N–H and O–H groups in total. The number of nitrogens with zero attached hydrogens (tertiary/aromatic N) is 2. The molecule has 0 bridgehead atoms. The van der Waals surface area contributed by atoms with Crippen LogP contribution in [0.1, 0.15) is 21.9 Å². The Morgan fingerprint density at radius 1 is 0.953 bits per heavy atom. The Morgan fingerprint density at radius 3 is 2.30 bits per heavy atom. The Balaban J connectivity index is 1.43. The van der Waals surface area contributed by atoms with Crippen LogP contribution >= 0.6 is 34.7 Å². The van der Waals surface area contributed by atoms with Gasteiger partial charge in [-0.05, 0) is 54.1 Å². The molecule has 3 unspecified atom stereocenters. The maximum Gasteiger partial charge on any atom is 0.418 e. The van der Waals surface area contributed by atoms with Crippen LogP contribution < -0.4 is 15.1 Å². The molecule has 2 aliphatic heterocycles. The van der Waals surface area contributed by atoms with Gasteiger partial charge in [-0.2, -0.15) is 13.2 Å². The highest BCUT2D eigenvalue weighted by Gasteiger charge is 2.57. The standard InChI is InChI=1S/C29H19ClF3N3O5S2/c30-15-7-5-14(6-8-15)21-22-23(26(40)36(25(22)39)19-4-2-1-3-18(19)29(31,32)33)42-27-24(21)43-28(41)35(27)13-20(38)34-16-9-11-17(37)12-10-16/h1-12,21-23,37H,13H2,(H,34,38). The first kappa shape index (κ1) is 29.0. The summed E-state index contributed by atoms with van der Waals surface area (Å²) in [7, 11) is 0. The van der Waals surface area contributed by atoms with Gasteiger partial charge < -0.3 is 10.4 Å². The van der Waals surface area contributed by atoms with E-state index < -0.39 is 63.7 Å². The van der Waals surface area contributed by atoms with E-state index in [4.69, 9.17) is 11.6 Å². The van der Waals surface area contributed by atoms with Gasteiger partial charge >= 0.3 is 11.0 Å². The summed E-state index contributed by atoms with van der Waals surface area (Å²) < 4.78 is 42.9. The van der Waals surface area contributed by atoms with Crippen LogP contribution in [0.25, 0.3) is 0 Å². The molecular weight excluding hydrogens is 627 g/mol. The summed E-state index contributed by atoms with van der Waals surface area (Å²) in [5.41, 5.74) is -0.776. The van der Waals surface area contributed by atoms with Gasteiger partial charge in [0.1, 0.15) is 17.5 Å². The largest absolute Gasteiger partial charge is 0.508 e. The Labute approximate surface area is 254 Å². The summed E-state index contributed by atoms with van der Waals surface area (Å²) in [5, 5.41) is 11.6. The van der Waals surface area contributed by atoms with Crippen molar-refractivity contribution < 1.29 is 32.7 Å². The number of carbonyl (C=O) groups excluding carboxylic acids is 3. The quantitative estimate of drug-likeness (QED) is 0.212. The lowest BCUT2D eigenvalue weighted by Gasteiger charge is -2.30. The van der Waals surface area contributed by atoms with Gasteiger partial charge in [0.05, 0.1) is 22.2 Å². The van der Waals surface area contributed by atoms with Crippen molar-refractivity contribution in [2.75, 3.05) is 10.2 Å². The molecule has 220 valence electrons. The highest BCUT2D eigenvalue weighted by Crippen LogP contribution is 2.54. The molecule has 8 nitrogen and oxygen atoms in total. The molecule has 3 heterocycles. The first-order valence-corrected chi connectivity index (χ1v) is 14.8. The van der Waals surface area contributed by atoms with Gasteiger partial charge in [-0.1, -0.05) is 59.0 Å². The predicted octanol–water partition coefficient (Wildman–Crippen LogP) is 5.72. The second-order valence-electron chi connectivity index (χ2n) is 9.84. The summed E-state index contributed by atoms with van der Waals surface area (Å²) in [5.74, 6) is -4.21. The molecule has 1 aromatic heterocycles. The van der Waals surface area contributed by atoms with E-state index in [0.29, 0.717) is 26.1 Å². The third-order valence-corrected chi connectivity index (χ3v) is 10.0. The van der Waals surface area contributed by atoms with E-state index in [1.807, 2.05) is 0 Å². The lowest BCUT2D eigenvalue weighted by atomic mass is 9.83. The van der Waals surface area contributed by atoms with Gasteiger partial charge in [0, 0.05) is 21.5 Å². The van der Waals surface area contributed by atoms with Crippen LogP contribution in [0, 0.1) is 5.92 Å². The maximum absolute atomic E-state index is 13.9. The third-order valence-electron chi connectivity index (χ3n) is 7.18. The van der Waals surface area contributed by atoms with Gasteiger partial charge in [-0.3, -0.25) is 23.7 Å². The number of phenolic OH excluding ortho intramolecular Hbond substituents is 1. The van der Waals surface area contributed by atoms with Crippen molar-refractivity contribution in [3.8, 4) is 5.75 Å². The smallest absolute Gasteiger partial charge is 0.418 e. The molecule has 6 rings (SSSR count). The van der Waals surface area contributed by atoms with E-state index in [1.54, 1.807) is 24.3 Å². The van der Waals surface area contributed by atoms with E-state index >= 15 is 0 Å². The Morgan fingerprint density at radius 2 is 1.63 bits per heavy atom. The number of hydrogen-bond donors (Lipinski definition) is 2. The Kier molecular flexibility index (Phi) is 7.35. The van der Waals surface area contributed by atoms with Crippen LogP contribution in [-0.2, 0) is 27.1 Å². The summed E-state index contributed by atoms with van der Waals surface area (Å²) in [6, 6.07) is 16.5. The number of thiazole rings is 1. The van der Waals surface area contributed by atoms with Crippen molar-refractivity contribution in [3.05, 3.63) is 103 Å². The average molecular weight is 646 g/mol. The minimum Gasteiger partial charge on any atom is -0.508 e. The number of carbonyl (C=O) groups is 3. The number of halogens is 4. The fourth-order valence-electron chi connectivity index (χ4n) is 5.32. The lowest BCUT2D eigenvalue weighted by Crippen LogP contribution is -2.33. The Bertz CT molecular complexity index is 1820. The highest BCUT2D eigenvalue weighted by atomic mass is 35.5. The molecule has 1 saturated heterocycles. The maximum atomic E-state index is 13.9. The number of phenols is 1. The molecule has 2 aliphatic rings. The van der Waals surface area contributed by atoms with Gasteiger partial charge in [-0.25, -0.2) is 4.90 Å². The van der Waals surface area contributed by atoms with Crippen LogP contribution in [0.2, 0.25) is 5.02 Å². The van der Waals surface area contributed by atoms with Crippen LogP contribution in [0.3, 0.4) is 0 Å². The number of anilines is 2. The second-order valence-corrected chi connectivity index (χ2v) is 12.4. The molecule has 0 aliphatic carbocycles. The van der Waals surface area contributed by atoms with Gasteiger partial charge in [0.25, 0.3) is 0 Å². The number of aromatic nitrogens is 1. The molecule has 4 aromatic rings. The average Bonchev–Trinajstić information content (AvgIpc) is 3.40. The molecule has 43 heavy (non-hydrogen) atoms. The summed E-state index contributed by atoms with van der Waals surface area (Å²) in [4.78, 5) is 54.4. The number of thioether (sulfide) groups is 1. The number of rotatable bonds is 5. The number of fused-ring (bicyclic) bond motifs is 2. The van der Waals surface area contributed by atoms with E-state index in [2.05, 4.69) is 5.32 Å². The van der Waals surface area contributed by atoms with Gasteiger partial charge in [0.2, 0.25) is 17.7 Å². The number of benzene rings is 3. The number of amides is 3. The molecule has 3 amide bonds. The SMILES string of the molecule is O=C(Cn1c2c(sc1=O)C(c1ccc(Cl)cc1)C1C(=O)N(c3ccccc3C(F)(F)F)C(=O)C1S2)Nc1ccc(O)cc1. The number of alkyl halides is 3. The van der Waals surface area contributed by atoms with Gasteiger partial charge in [-0.15, -0.1) is 0 Å². The molecule has 0 saturated carbocycles. The van der Waals surface area contributed by atoms with Crippen molar-refractivity contribution in [2.24, 2.45) is 5.92 Å². The minimum atomic E-state index is -4.82. The number of imide groups is 1.